The first-order valence-corrected chi connectivity index (χ1v) is 4.68. The molecule has 0 aliphatic heterocycles. The van der Waals surface area contributed by atoms with E-state index in [2.05, 4.69) is 0 Å². The van der Waals surface area contributed by atoms with Gasteiger partial charge in [-0.3, -0.25) is 0 Å². The topological polar surface area (TPSA) is 26.0 Å². The van der Waals surface area contributed by atoms with Crippen LogP contribution in [0.5, 0.6) is 0 Å². The van der Waals surface area contributed by atoms with Crippen LogP contribution in [-0.4, -0.2) is 6.54 Å². The van der Waals surface area contributed by atoms with Gasteiger partial charge in [0.1, 0.15) is 5.82 Å². The van der Waals surface area contributed by atoms with E-state index in [-0.39, 0.29) is 5.82 Å². The highest BCUT2D eigenvalue weighted by molar-refractivity contribution is 5.34. The summed E-state index contributed by atoms with van der Waals surface area (Å²) in [5.41, 5.74) is 7.90. The fourth-order valence-corrected chi connectivity index (χ4v) is 1.94. The second kappa shape index (κ2) is 3.11. The van der Waals surface area contributed by atoms with Crippen LogP contribution in [0.1, 0.15) is 23.5 Å². The molecule has 0 amide bonds. The summed E-state index contributed by atoms with van der Waals surface area (Å²) in [4.78, 5) is 0. The van der Waals surface area contributed by atoms with Crippen molar-refractivity contribution in [3.8, 4) is 0 Å². The van der Waals surface area contributed by atoms with E-state index in [0.29, 0.717) is 11.8 Å². The largest absolute Gasteiger partial charge is 0.330 e. The molecule has 2 N–H and O–H groups in total. The van der Waals surface area contributed by atoms with Gasteiger partial charge in [0.05, 0.1) is 0 Å². The quantitative estimate of drug-likeness (QED) is 0.740. The van der Waals surface area contributed by atoms with Crippen LogP contribution in [0.2, 0.25) is 0 Å². The molecule has 70 valence electrons. The number of hydrogen-bond donors (Lipinski definition) is 1. The zero-order chi connectivity index (χ0) is 9.42. The van der Waals surface area contributed by atoms with Gasteiger partial charge in [0.2, 0.25) is 0 Å². The maximum atomic E-state index is 12.8. The third-order valence-electron chi connectivity index (χ3n) is 2.86. The summed E-state index contributed by atoms with van der Waals surface area (Å²) in [5.74, 6) is 1.07. The van der Waals surface area contributed by atoms with Gasteiger partial charge in [-0.05, 0) is 55.0 Å². The molecule has 13 heavy (non-hydrogen) atoms. The van der Waals surface area contributed by atoms with Crippen LogP contribution in [0.25, 0.3) is 0 Å². The molecule has 1 aliphatic carbocycles. The van der Waals surface area contributed by atoms with E-state index in [0.717, 1.165) is 12.1 Å². The Kier molecular flexibility index (Phi) is 2.08. The summed E-state index contributed by atoms with van der Waals surface area (Å²) in [6, 6.07) is 5.03. The van der Waals surface area contributed by atoms with Gasteiger partial charge in [-0.1, -0.05) is 6.07 Å². The normalized spacial score (nSPS) is 26.1. The minimum absolute atomic E-state index is 0.147. The molecule has 2 unspecified atom stereocenters. The van der Waals surface area contributed by atoms with Crippen LogP contribution in [0.3, 0.4) is 0 Å². The molecule has 1 aromatic rings. The second-order valence-corrected chi connectivity index (χ2v) is 3.84. The van der Waals surface area contributed by atoms with Gasteiger partial charge < -0.3 is 5.73 Å². The highest BCUT2D eigenvalue weighted by atomic mass is 19.1. The fraction of sp³-hybridized carbons (Fsp3) is 0.455. The van der Waals surface area contributed by atoms with Crippen molar-refractivity contribution in [3.05, 3.63) is 35.1 Å². The number of benzene rings is 1. The highest BCUT2D eigenvalue weighted by Crippen LogP contribution is 2.47. The van der Waals surface area contributed by atoms with Crippen LogP contribution < -0.4 is 5.73 Å². The van der Waals surface area contributed by atoms with Crippen molar-refractivity contribution in [2.24, 2.45) is 11.7 Å². The maximum Gasteiger partial charge on any atom is 0.123 e. The molecule has 0 aromatic heterocycles. The van der Waals surface area contributed by atoms with Crippen molar-refractivity contribution >= 4 is 0 Å². The smallest absolute Gasteiger partial charge is 0.123 e. The van der Waals surface area contributed by atoms with Crippen LogP contribution >= 0.6 is 0 Å². The lowest BCUT2D eigenvalue weighted by atomic mass is 10.0. The summed E-state index contributed by atoms with van der Waals surface area (Å²) >= 11 is 0. The van der Waals surface area contributed by atoms with E-state index in [1.54, 1.807) is 6.07 Å². The van der Waals surface area contributed by atoms with Gasteiger partial charge >= 0.3 is 0 Å². The lowest BCUT2D eigenvalue weighted by Crippen LogP contribution is -2.02. The lowest BCUT2D eigenvalue weighted by molar-refractivity contribution is 0.625. The van der Waals surface area contributed by atoms with Gasteiger partial charge in [0.15, 0.2) is 0 Å². The zero-order valence-corrected chi connectivity index (χ0v) is 7.76. The Balaban J connectivity index is 2.22. The molecule has 2 rings (SSSR count). The molecule has 0 saturated heterocycles. The summed E-state index contributed by atoms with van der Waals surface area (Å²) in [5, 5.41) is 0. The third kappa shape index (κ3) is 1.59. The molecule has 2 atom stereocenters. The Morgan fingerprint density at radius 3 is 2.85 bits per heavy atom. The second-order valence-electron chi connectivity index (χ2n) is 3.84. The molecule has 1 aromatic carbocycles. The van der Waals surface area contributed by atoms with Gasteiger partial charge in [-0.15, -0.1) is 0 Å². The first-order valence-electron chi connectivity index (χ1n) is 4.68. The Hall–Kier alpha value is -0.890. The van der Waals surface area contributed by atoms with Gasteiger partial charge in [0, 0.05) is 0 Å². The number of halogens is 1. The summed E-state index contributed by atoms with van der Waals surface area (Å²) in [7, 11) is 0. The first-order chi connectivity index (χ1) is 6.22. The van der Waals surface area contributed by atoms with E-state index in [1.807, 2.05) is 13.0 Å². The Morgan fingerprint density at radius 2 is 2.31 bits per heavy atom. The predicted octanol–water partition coefficient (Wildman–Crippen LogP) is 2.20. The van der Waals surface area contributed by atoms with Crippen molar-refractivity contribution < 1.29 is 4.39 Å². The third-order valence-corrected chi connectivity index (χ3v) is 2.86. The molecule has 1 fully saturated rings. The van der Waals surface area contributed by atoms with Crippen molar-refractivity contribution in [3.63, 3.8) is 0 Å². The van der Waals surface area contributed by atoms with E-state index in [9.17, 15) is 4.39 Å². The fourth-order valence-electron chi connectivity index (χ4n) is 1.94. The first kappa shape index (κ1) is 8.70. The average Bonchev–Trinajstić information content (AvgIpc) is 2.83. The number of hydrogen-bond acceptors (Lipinski definition) is 1. The van der Waals surface area contributed by atoms with Gasteiger partial charge in [-0.2, -0.15) is 0 Å². The Bertz CT molecular complexity index is 322. The minimum Gasteiger partial charge on any atom is -0.330 e. The monoisotopic (exact) mass is 179 g/mol. The maximum absolute atomic E-state index is 12.8. The van der Waals surface area contributed by atoms with Crippen LogP contribution in [0.4, 0.5) is 4.39 Å². The molecule has 1 saturated carbocycles. The molecule has 0 bridgehead atoms. The van der Waals surface area contributed by atoms with Crippen LogP contribution in [0, 0.1) is 18.7 Å². The molecule has 0 radical (unpaired) electrons. The summed E-state index contributed by atoms with van der Waals surface area (Å²) in [6.45, 7) is 2.71. The Morgan fingerprint density at radius 1 is 1.54 bits per heavy atom. The number of aryl methyl sites for hydroxylation is 1. The standard InChI is InChI=1S/C11H14FN/c1-7-4-9(12)2-3-10(7)11-5-8(11)6-13/h2-4,8,11H,5-6,13H2,1H3. The van der Waals surface area contributed by atoms with Crippen molar-refractivity contribution in [2.45, 2.75) is 19.3 Å². The predicted molar refractivity (Wildman–Crippen MR) is 51.0 cm³/mol. The van der Waals surface area contributed by atoms with E-state index >= 15 is 0 Å². The lowest BCUT2D eigenvalue weighted by Gasteiger charge is -2.04. The molecule has 2 heteroatoms. The Labute approximate surface area is 77.8 Å². The molecule has 0 spiro atoms. The van der Waals surface area contributed by atoms with Gasteiger partial charge in [-0.25, -0.2) is 4.39 Å². The summed E-state index contributed by atoms with van der Waals surface area (Å²) < 4.78 is 12.8. The summed E-state index contributed by atoms with van der Waals surface area (Å²) in [6.07, 6.45) is 1.17. The van der Waals surface area contributed by atoms with Crippen molar-refractivity contribution in [1.82, 2.24) is 0 Å². The van der Waals surface area contributed by atoms with E-state index in [4.69, 9.17) is 5.73 Å². The molecule has 1 aliphatic rings. The molecular weight excluding hydrogens is 165 g/mol. The molecule has 1 nitrogen and oxygen atoms in total. The molecular formula is C11H14FN. The van der Waals surface area contributed by atoms with Gasteiger partial charge in [0.25, 0.3) is 0 Å². The van der Waals surface area contributed by atoms with E-state index in [1.165, 1.54) is 18.1 Å². The number of nitrogens with two attached hydrogens (primary N) is 1. The number of rotatable bonds is 2. The zero-order valence-electron chi connectivity index (χ0n) is 7.76. The highest BCUT2D eigenvalue weighted by Gasteiger charge is 2.37. The van der Waals surface area contributed by atoms with E-state index < -0.39 is 0 Å². The van der Waals surface area contributed by atoms with Crippen LogP contribution in [-0.2, 0) is 0 Å². The van der Waals surface area contributed by atoms with Crippen molar-refractivity contribution in [2.75, 3.05) is 6.54 Å². The minimum atomic E-state index is -0.147. The SMILES string of the molecule is Cc1cc(F)ccc1C1CC1CN. The van der Waals surface area contributed by atoms with Crippen molar-refractivity contribution in [1.29, 1.82) is 0 Å². The average molecular weight is 179 g/mol. The molecule has 0 heterocycles. The van der Waals surface area contributed by atoms with Crippen LogP contribution in [0.15, 0.2) is 18.2 Å².